The Morgan fingerprint density at radius 1 is 1.11 bits per heavy atom. The average molecular weight is 372 g/mol. The third-order valence-corrected chi connectivity index (χ3v) is 5.12. The molecular formula is C20H28N4O3. The first-order valence-electron chi connectivity index (χ1n) is 9.65. The van der Waals surface area contributed by atoms with Gasteiger partial charge in [-0.1, -0.05) is 12.1 Å². The van der Waals surface area contributed by atoms with Crippen LogP contribution < -0.4 is 16.0 Å². The molecule has 7 heteroatoms. The third kappa shape index (κ3) is 5.45. The summed E-state index contributed by atoms with van der Waals surface area (Å²) in [6, 6.07) is 7.54. The minimum absolute atomic E-state index is 0.0152. The highest BCUT2D eigenvalue weighted by atomic mass is 16.2. The van der Waals surface area contributed by atoms with Crippen LogP contribution in [0.1, 0.15) is 51.1 Å². The summed E-state index contributed by atoms with van der Waals surface area (Å²) < 4.78 is 0. The predicted molar refractivity (Wildman–Crippen MR) is 103 cm³/mol. The fourth-order valence-corrected chi connectivity index (χ4v) is 3.34. The molecule has 27 heavy (non-hydrogen) atoms. The van der Waals surface area contributed by atoms with Crippen LogP contribution in [0.4, 0.5) is 10.5 Å². The molecule has 1 unspecified atom stereocenters. The predicted octanol–water partition coefficient (Wildman–Crippen LogP) is 2.41. The number of hydrogen-bond donors (Lipinski definition) is 3. The van der Waals surface area contributed by atoms with E-state index < -0.39 is 0 Å². The Morgan fingerprint density at radius 2 is 1.81 bits per heavy atom. The standard InChI is InChI=1S/C20H28N4O3/c1-13(16-4-3-5-18(12-16)22-14(2)25)21-20(27)24-10-8-15(9-11-24)19(26)23-17-6-7-17/h3-5,12-13,15,17H,6-11H2,1-2H3,(H,21,27)(H,22,25)(H,23,26). The molecule has 1 aliphatic carbocycles. The number of urea groups is 1. The maximum absolute atomic E-state index is 12.6. The summed E-state index contributed by atoms with van der Waals surface area (Å²) in [4.78, 5) is 37.7. The first kappa shape index (κ1) is 19.2. The maximum Gasteiger partial charge on any atom is 0.317 e. The average Bonchev–Trinajstić information content (AvgIpc) is 3.45. The molecule has 0 aromatic heterocycles. The number of carbonyl (C=O) groups excluding carboxylic acids is 3. The Morgan fingerprint density at radius 3 is 2.44 bits per heavy atom. The van der Waals surface area contributed by atoms with Gasteiger partial charge in [0.05, 0.1) is 6.04 Å². The van der Waals surface area contributed by atoms with E-state index in [2.05, 4.69) is 16.0 Å². The summed E-state index contributed by atoms with van der Waals surface area (Å²) in [5.41, 5.74) is 1.64. The summed E-state index contributed by atoms with van der Waals surface area (Å²) in [5, 5.41) is 8.81. The second kappa shape index (κ2) is 8.41. The van der Waals surface area contributed by atoms with Gasteiger partial charge in [-0.25, -0.2) is 4.79 Å². The molecule has 7 nitrogen and oxygen atoms in total. The van der Waals surface area contributed by atoms with E-state index in [4.69, 9.17) is 0 Å². The van der Waals surface area contributed by atoms with Crippen LogP contribution in [0.2, 0.25) is 0 Å². The highest BCUT2D eigenvalue weighted by molar-refractivity contribution is 5.88. The van der Waals surface area contributed by atoms with Crippen LogP contribution in [-0.4, -0.2) is 41.9 Å². The van der Waals surface area contributed by atoms with E-state index in [1.165, 1.54) is 6.92 Å². The number of amides is 4. The largest absolute Gasteiger partial charge is 0.353 e. The van der Waals surface area contributed by atoms with Crippen molar-refractivity contribution in [1.82, 2.24) is 15.5 Å². The Labute approximate surface area is 159 Å². The molecule has 1 aromatic carbocycles. The zero-order valence-corrected chi connectivity index (χ0v) is 16.0. The molecule has 1 saturated carbocycles. The highest BCUT2D eigenvalue weighted by Crippen LogP contribution is 2.23. The summed E-state index contributed by atoms with van der Waals surface area (Å²) in [5.74, 6) is 0.0274. The molecule has 1 atom stereocenters. The molecule has 1 heterocycles. The highest BCUT2D eigenvalue weighted by Gasteiger charge is 2.31. The van der Waals surface area contributed by atoms with E-state index >= 15 is 0 Å². The zero-order valence-electron chi connectivity index (χ0n) is 16.0. The van der Waals surface area contributed by atoms with Gasteiger partial charge in [0.2, 0.25) is 11.8 Å². The van der Waals surface area contributed by atoms with E-state index in [1.54, 1.807) is 4.90 Å². The SMILES string of the molecule is CC(=O)Nc1cccc(C(C)NC(=O)N2CCC(C(=O)NC3CC3)CC2)c1. The van der Waals surface area contributed by atoms with Gasteiger partial charge in [0.1, 0.15) is 0 Å². The van der Waals surface area contributed by atoms with Gasteiger partial charge in [0, 0.05) is 37.7 Å². The quantitative estimate of drug-likeness (QED) is 0.741. The number of anilines is 1. The van der Waals surface area contributed by atoms with Crippen LogP contribution in [0.15, 0.2) is 24.3 Å². The summed E-state index contributed by atoms with van der Waals surface area (Å²) in [6.45, 7) is 4.56. The normalized spacial score (nSPS) is 18.5. The molecule has 1 aromatic rings. The van der Waals surface area contributed by atoms with Gasteiger partial charge < -0.3 is 20.9 Å². The second-order valence-corrected chi connectivity index (χ2v) is 7.52. The Kier molecular flexibility index (Phi) is 5.98. The third-order valence-electron chi connectivity index (χ3n) is 5.12. The van der Waals surface area contributed by atoms with Crippen molar-refractivity contribution in [1.29, 1.82) is 0 Å². The van der Waals surface area contributed by atoms with Crippen LogP contribution in [0.5, 0.6) is 0 Å². The number of benzene rings is 1. The molecule has 0 radical (unpaired) electrons. The smallest absolute Gasteiger partial charge is 0.317 e. The van der Waals surface area contributed by atoms with Gasteiger partial charge in [-0.3, -0.25) is 9.59 Å². The molecule has 1 saturated heterocycles. The van der Waals surface area contributed by atoms with Crippen LogP contribution in [0.25, 0.3) is 0 Å². The van der Waals surface area contributed by atoms with Crippen molar-refractivity contribution in [3.63, 3.8) is 0 Å². The van der Waals surface area contributed by atoms with Crippen molar-refractivity contribution < 1.29 is 14.4 Å². The van der Waals surface area contributed by atoms with Gasteiger partial charge >= 0.3 is 6.03 Å². The minimum atomic E-state index is -0.179. The Bertz CT molecular complexity index is 709. The molecule has 1 aliphatic heterocycles. The van der Waals surface area contributed by atoms with Crippen molar-refractivity contribution in [2.24, 2.45) is 5.92 Å². The number of nitrogens with zero attached hydrogens (tertiary/aromatic N) is 1. The lowest BCUT2D eigenvalue weighted by Gasteiger charge is -2.32. The number of rotatable bonds is 5. The first-order chi connectivity index (χ1) is 12.9. The van der Waals surface area contributed by atoms with Crippen molar-refractivity contribution >= 4 is 23.5 Å². The molecule has 3 rings (SSSR count). The Balaban J connectivity index is 1.48. The van der Waals surface area contributed by atoms with Crippen LogP contribution in [-0.2, 0) is 9.59 Å². The monoisotopic (exact) mass is 372 g/mol. The van der Waals surface area contributed by atoms with Crippen molar-refractivity contribution in [3.8, 4) is 0 Å². The lowest BCUT2D eigenvalue weighted by molar-refractivity contribution is -0.126. The lowest BCUT2D eigenvalue weighted by atomic mass is 9.96. The van der Waals surface area contributed by atoms with Gasteiger partial charge in [-0.2, -0.15) is 0 Å². The van der Waals surface area contributed by atoms with E-state index in [1.807, 2.05) is 31.2 Å². The number of carbonyl (C=O) groups is 3. The molecule has 4 amide bonds. The van der Waals surface area contributed by atoms with Crippen LogP contribution >= 0.6 is 0 Å². The fraction of sp³-hybridized carbons (Fsp3) is 0.550. The fourth-order valence-electron chi connectivity index (χ4n) is 3.34. The molecule has 0 spiro atoms. The number of nitrogens with one attached hydrogen (secondary N) is 3. The van der Waals surface area contributed by atoms with Crippen molar-refractivity contribution in [2.75, 3.05) is 18.4 Å². The van der Waals surface area contributed by atoms with E-state index in [-0.39, 0.29) is 29.8 Å². The maximum atomic E-state index is 12.6. The van der Waals surface area contributed by atoms with E-state index in [9.17, 15) is 14.4 Å². The van der Waals surface area contributed by atoms with Crippen LogP contribution in [0, 0.1) is 5.92 Å². The molecule has 3 N–H and O–H groups in total. The van der Waals surface area contributed by atoms with Gasteiger partial charge in [0.25, 0.3) is 0 Å². The number of piperidine rings is 1. The number of hydrogen-bond acceptors (Lipinski definition) is 3. The molecule has 0 bridgehead atoms. The number of likely N-dealkylation sites (tertiary alicyclic amines) is 1. The summed E-state index contributed by atoms with van der Waals surface area (Å²) in [7, 11) is 0. The van der Waals surface area contributed by atoms with Crippen LogP contribution in [0.3, 0.4) is 0 Å². The zero-order chi connectivity index (χ0) is 19.4. The first-order valence-corrected chi connectivity index (χ1v) is 9.65. The summed E-state index contributed by atoms with van der Waals surface area (Å²) in [6.07, 6.45) is 3.60. The topological polar surface area (TPSA) is 90.5 Å². The van der Waals surface area contributed by atoms with Gasteiger partial charge in [0.15, 0.2) is 0 Å². The molecular weight excluding hydrogens is 344 g/mol. The van der Waals surface area contributed by atoms with Gasteiger partial charge in [-0.15, -0.1) is 0 Å². The van der Waals surface area contributed by atoms with Gasteiger partial charge in [-0.05, 0) is 50.3 Å². The van der Waals surface area contributed by atoms with E-state index in [0.29, 0.717) is 37.7 Å². The minimum Gasteiger partial charge on any atom is -0.353 e. The molecule has 2 aliphatic rings. The molecule has 2 fully saturated rings. The van der Waals surface area contributed by atoms with E-state index in [0.717, 1.165) is 18.4 Å². The Hall–Kier alpha value is -2.57. The summed E-state index contributed by atoms with van der Waals surface area (Å²) >= 11 is 0. The van der Waals surface area contributed by atoms with Crippen molar-refractivity contribution in [3.05, 3.63) is 29.8 Å². The van der Waals surface area contributed by atoms with Crippen molar-refractivity contribution in [2.45, 2.75) is 51.6 Å². The lowest BCUT2D eigenvalue weighted by Crippen LogP contribution is -2.47. The second-order valence-electron chi connectivity index (χ2n) is 7.52. The molecule has 146 valence electrons.